The molecule has 0 spiro atoms. The summed E-state index contributed by atoms with van der Waals surface area (Å²) < 4.78 is 23.9. The summed E-state index contributed by atoms with van der Waals surface area (Å²) in [7, 11) is 0. The van der Waals surface area contributed by atoms with Crippen LogP contribution in [0.1, 0.15) is 17.9 Å². The number of nitrogens with one attached hydrogen (secondary N) is 1. The highest BCUT2D eigenvalue weighted by atomic mass is 19.1. The molecule has 1 amide bonds. The maximum Gasteiger partial charge on any atom is 0.227 e. The number of carbonyl (C=O) groups is 1. The van der Waals surface area contributed by atoms with Crippen LogP contribution in [0.4, 0.5) is 10.1 Å². The molecular formula is C24H20FN3O3. The molecule has 7 heteroatoms. The van der Waals surface area contributed by atoms with Crippen molar-refractivity contribution in [3.8, 4) is 17.1 Å². The average Bonchev–Trinajstić information content (AvgIpc) is 3.28. The fraction of sp³-hybridized carbons (Fsp3) is 0.125. The molecule has 31 heavy (non-hydrogen) atoms. The van der Waals surface area contributed by atoms with Gasteiger partial charge in [0.25, 0.3) is 0 Å². The van der Waals surface area contributed by atoms with E-state index in [9.17, 15) is 9.18 Å². The summed E-state index contributed by atoms with van der Waals surface area (Å²) in [6.45, 7) is 0.483. The number of ether oxygens (including phenoxy) is 1. The number of carbonyl (C=O) groups excluding carboxylic acids is 1. The van der Waals surface area contributed by atoms with Gasteiger partial charge in [-0.15, -0.1) is 0 Å². The van der Waals surface area contributed by atoms with Crippen LogP contribution in [0.2, 0.25) is 0 Å². The topological polar surface area (TPSA) is 77.2 Å². The van der Waals surface area contributed by atoms with Crippen LogP contribution < -0.4 is 10.1 Å². The first-order valence-corrected chi connectivity index (χ1v) is 9.81. The van der Waals surface area contributed by atoms with Gasteiger partial charge in [0.2, 0.25) is 17.6 Å². The van der Waals surface area contributed by atoms with E-state index in [1.54, 1.807) is 24.3 Å². The SMILES string of the molecule is O=C(CCc1nc(-c2ccc(F)cc2)no1)Nc1ccc(OCc2ccccc2)cc1. The van der Waals surface area contributed by atoms with Crippen molar-refractivity contribution < 1.29 is 18.4 Å². The van der Waals surface area contributed by atoms with Gasteiger partial charge in [0, 0.05) is 24.1 Å². The van der Waals surface area contributed by atoms with Gasteiger partial charge in [-0.2, -0.15) is 4.98 Å². The van der Waals surface area contributed by atoms with Crippen LogP contribution in [0.15, 0.2) is 83.4 Å². The highest BCUT2D eigenvalue weighted by molar-refractivity contribution is 5.90. The van der Waals surface area contributed by atoms with Gasteiger partial charge in [0.15, 0.2) is 0 Å². The van der Waals surface area contributed by atoms with Gasteiger partial charge >= 0.3 is 0 Å². The Morgan fingerprint density at radius 2 is 1.71 bits per heavy atom. The van der Waals surface area contributed by atoms with Crippen LogP contribution in [0.25, 0.3) is 11.4 Å². The molecule has 3 aromatic carbocycles. The molecule has 1 N–H and O–H groups in total. The molecule has 156 valence electrons. The van der Waals surface area contributed by atoms with E-state index in [2.05, 4.69) is 15.5 Å². The summed E-state index contributed by atoms with van der Waals surface area (Å²) in [4.78, 5) is 16.5. The molecule has 1 heterocycles. The van der Waals surface area contributed by atoms with Crippen molar-refractivity contribution >= 4 is 11.6 Å². The lowest BCUT2D eigenvalue weighted by Crippen LogP contribution is -2.12. The first-order chi connectivity index (χ1) is 15.2. The van der Waals surface area contributed by atoms with Crippen molar-refractivity contribution in [1.82, 2.24) is 10.1 Å². The van der Waals surface area contributed by atoms with Crippen LogP contribution in [0, 0.1) is 5.82 Å². The predicted octanol–water partition coefficient (Wildman–Crippen LogP) is 5.03. The van der Waals surface area contributed by atoms with Crippen LogP contribution in [0.5, 0.6) is 5.75 Å². The minimum Gasteiger partial charge on any atom is -0.489 e. The number of halogens is 1. The Morgan fingerprint density at radius 1 is 0.968 bits per heavy atom. The fourth-order valence-corrected chi connectivity index (χ4v) is 2.89. The van der Waals surface area contributed by atoms with E-state index >= 15 is 0 Å². The minimum atomic E-state index is -0.333. The van der Waals surface area contributed by atoms with Gasteiger partial charge in [0.1, 0.15) is 18.2 Å². The highest BCUT2D eigenvalue weighted by Crippen LogP contribution is 2.19. The molecule has 0 saturated heterocycles. The lowest BCUT2D eigenvalue weighted by Gasteiger charge is -2.08. The Balaban J connectivity index is 1.25. The lowest BCUT2D eigenvalue weighted by molar-refractivity contribution is -0.116. The molecule has 0 radical (unpaired) electrons. The predicted molar refractivity (Wildman–Crippen MR) is 114 cm³/mol. The smallest absolute Gasteiger partial charge is 0.227 e. The summed E-state index contributed by atoms with van der Waals surface area (Å²) in [6, 6.07) is 22.9. The number of rotatable bonds is 8. The van der Waals surface area contributed by atoms with Crippen LogP contribution in [-0.2, 0) is 17.8 Å². The third-order valence-corrected chi connectivity index (χ3v) is 4.52. The molecule has 6 nitrogen and oxygen atoms in total. The second-order valence-corrected chi connectivity index (χ2v) is 6.87. The van der Waals surface area contributed by atoms with Crippen molar-refractivity contribution in [2.45, 2.75) is 19.4 Å². The summed E-state index contributed by atoms with van der Waals surface area (Å²) in [5.41, 5.74) is 2.41. The monoisotopic (exact) mass is 417 g/mol. The standard InChI is InChI=1S/C24H20FN3O3/c25-19-8-6-18(7-9-19)24-27-23(31-28-24)15-14-22(29)26-20-10-12-21(13-11-20)30-16-17-4-2-1-3-5-17/h1-13H,14-16H2,(H,26,29). The van der Waals surface area contributed by atoms with Crippen molar-refractivity contribution in [2.75, 3.05) is 5.32 Å². The van der Waals surface area contributed by atoms with E-state index in [0.29, 0.717) is 36.0 Å². The lowest BCUT2D eigenvalue weighted by atomic mass is 10.2. The van der Waals surface area contributed by atoms with Crippen LogP contribution >= 0.6 is 0 Å². The maximum atomic E-state index is 13.0. The Labute approximate surface area is 178 Å². The van der Waals surface area contributed by atoms with Gasteiger partial charge in [0.05, 0.1) is 0 Å². The quantitative estimate of drug-likeness (QED) is 0.435. The number of hydrogen-bond donors (Lipinski definition) is 1. The zero-order valence-corrected chi connectivity index (χ0v) is 16.6. The molecule has 1 aromatic heterocycles. The molecule has 0 unspecified atom stereocenters. The Bertz CT molecular complexity index is 1130. The third-order valence-electron chi connectivity index (χ3n) is 4.52. The molecule has 0 saturated carbocycles. The van der Waals surface area contributed by atoms with Crippen molar-refractivity contribution in [3.63, 3.8) is 0 Å². The van der Waals surface area contributed by atoms with E-state index in [1.165, 1.54) is 12.1 Å². The highest BCUT2D eigenvalue weighted by Gasteiger charge is 2.11. The first kappa shape index (κ1) is 20.3. The summed E-state index contributed by atoms with van der Waals surface area (Å²) in [6.07, 6.45) is 0.496. The Kier molecular flexibility index (Phi) is 6.32. The second-order valence-electron chi connectivity index (χ2n) is 6.87. The molecule has 4 aromatic rings. The number of anilines is 1. The normalized spacial score (nSPS) is 10.6. The third kappa shape index (κ3) is 5.76. The number of hydrogen-bond acceptors (Lipinski definition) is 5. The number of nitrogens with zero attached hydrogens (tertiary/aromatic N) is 2. The van der Waals surface area contributed by atoms with Gasteiger partial charge in [-0.1, -0.05) is 35.5 Å². The number of aryl methyl sites for hydroxylation is 1. The van der Waals surface area contributed by atoms with Gasteiger partial charge < -0.3 is 14.6 Å². The van der Waals surface area contributed by atoms with E-state index in [1.807, 2.05) is 42.5 Å². The minimum absolute atomic E-state index is 0.167. The van der Waals surface area contributed by atoms with E-state index in [-0.39, 0.29) is 18.1 Å². The first-order valence-electron chi connectivity index (χ1n) is 9.81. The van der Waals surface area contributed by atoms with Crippen LogP contribution in [0.3, 0.4) is 0 Å². The van der Waals surface area contributed by atoms with E-state index in [0.717, 1.165) is 11.3 Å². The molecule has 0 fully saturated rings. The molecule has 0 aliphatic carbocycles. The molecule has 0 aliphatic heterocycles. The maximum absolute atomic E-state index is 13.0. The van der Waals surface area contributed by atoms with Gasteiger partial charge in [-0.25, -0.2) is 4.39 Å². The van der Waals surface area contributed by atoms with Crippen molar-refractivity contribution in [3.05, 3.63) is 96.1 Å². The van der Waals surface area contributed by atoms with Crippen molar-refractivity contribution in [1.29, 1.82) is 0 Å². The number of benzene rings is 3. The summed E-state index contributed by atoms with van der Waals surface area (Å²) >= 11 is 0. The molecule has 0 bridgehead atoms. The zero-order valence-electron chi connectivity index (χ0n) is 16.6. The van der Waals surface area contributed by atoms with Gasteiger partial charge in [-0.05, 0) is 54.1 Å². The Morgan fingerprint density at radius 3 is 2.45 bits per heavy atom. The van der Waals surface area contributed by atoms with Crippen LogP contribution in [-0.4, -0.2) is 16.0 Å². The molecular weight excluding hydrogens is 397 g/mol. The largest absolute Gasteiger partial charge is 0.489 e. The fourth-order valence-electron chi connectivity index (χ4n) is 2.89. The number of aromatic nitrogens is 2. The number of amides is 1. The average molecular weight is 417 g/mol. The zero-order chi connectivity index (χ0) is 21.5. The van der Waals surface area contributed by atoms with E-state index < -0.39 is 0 Å². The molecule has 4 rings (SSSR count). The summed E-state index contributed by atoms with van der Waals surface area (Å²) in [5.74, 6) is 0.932. The molecule has 0 atom stereocenters. The second kappa shape index (κ2) is 9.67. The van der Waals surface area contributed by atoms with E-state index in [4.69, 9.17) is 9.26 Å². The van der Waals surface area contributed by atoms with Gasteiger partial charge in [-0.3, -0.25) is 4.79 Å². The summed E-state index contributed by atoms with van der Waals surface area (Å²) in [5, 5.41) is 6.70. The molecule has 0 aliphatic rings. The van der Waals surface area contributed by atoms with Crippen molar-refractivity contribution in [2.24, 2.45) is 0 Å². The Hall–Kier alpha value is -4.00.